The first kappa shape index (κ1) is 17.1. The molecule has 0 spiro atoms. The highest BCUT2D eigenvalue weighted by Crippen LogP contribution is 2.37. The number of nitrogens with two attached hydrogens (primary N) is 1. The number of phenolic OH excluding ortho intramolecular Hbond substituents is 1. The minimum absolute atomic E-state index is 0.0134. The van der Waals surface area contributed by atoms with Crippen LogP contribution in [0.15, 0.2) is 39.8 Å². The Morgan fingerprint density at radius 3 is 2.81 bits per heavy atom. The zero-order valence-electron chi connectivity index (χ0n) is 14.3. The van der Waals surface area contributed by atoms with Gasteiger partial charge in [0.1, 0.15) is 18.8 Å². The van der Waals surface area contributed by atoms with Crippen LogP contribution in [0.4, 0.5) is 0 Å². The van der Waals surface area contributed by atoms with Gasteiger partial charge in [-0.25, -0.2) is 4.79 Å². The van der Waals surface area contributed by atoms with Crippen molar-refractivity contribution < 1.29 is 14.8 Å². The number of aromatic nitrogens is 1. The molecule has 2 aromatic heterocycles. The van der Waals surface area contributed by atoms with Gasteiger partial charge in [-0.05, 0) is 43.4 Å². The molecule has 26 heavy (non-hydrogen) atoms. The Bertz CT molecular complexity index is 1020. The third-order valence-electron chi connectivity index (χ3n) is 4.99. The van der Waals surface area contributed by atoms with Gasteiger partial charge in [0, 0.05) is 28.9 Å². The highest BCUT2D eigenvalue weighted by molar-refractivity contribution is 6.33. The molecule has 134 valence electrons. The van der Waals surface area contributed by atoms with Gasteiger partial charge in [-0.3, -0.25) is 4.98 Å². The number of quaternary nitrogens is 1. The molecular formula is C20H20ClN2O3+. The Balaban J connectivity index is 1.74. The largest absolute Gasteiger partial charge is 0.506 e. The van der Waals surface area contributed by atoms with Crippen molar-refractivity contribution in [2.24, 2.45) is 0 Å². The fraction of sp³-hybridized carbons (Fsp3) is 0.300. The number of rotatable bonds is 4. The SMILES string of the molecule is O=c1oc2c(C[NH2+]Cc3cccnc3)c(O)c(Cl)cc2c2c1CCCC2. The van der Waals surface area contributed by atoms with Gasteiger partial charge in [0.05, 0.1) is 10.6 Å². The number of pyridine rings is 1. The Kier molecular flexibility index (Phi) is 4.66. The first-order chi connectivity index (χ1) is 12.6. The fourth-order valence-corrected chi connectivity index (χ4v) is 3.91. The number of fused-ring (bicyclic) bond motifs is 3. The lowest BCUT2D eigenvalue weighted by Crippen LogP contribution is -2.80. The van der Waals surface area contributed by atoms with Crippen LogP contribution in [0.1, 0.15) is 35.1 Å². The first-order valence-corrected chi connectivity index (χ1v) is 9.22. The summed E-state index contributed by atoms with van der Waals surface area (Å²) in [5.41, 5.74) is 3.61. The summed E-state index contributed by atoms with van der Waals surface area (Å²) in [5, 5.41) is 13.6. The van der Waals surface area contributed by atoms with Crippen molar-refractivity contribution in [2.75, 3.05) is 0 Å². The molecule has 0 radical (unpaired) electrons. The van der Waals surface area contributed by atoms with Crippen LogP contribution in [0.3, 0.4) is 0 Å². The molecule has 2 heterocycles. The quantitative estimate of drug-likeness (QED) is 0.691. The maximum atomic E-state index is 12.4. The van der Waals surface area contributed by atoms with Crippen molar-refractivity contribution in [3.63, 3.8) is 0 Å². The summed E-state index contributed by atoms with van der Waals surface area (Å²) in [6.07, 6.45) is 7.18. The van der Waals surface area contributed by atoms with Crippen LogP contribution in [0.5, 0.6) is 5.75 Å². The zero-order valence-corrected chi connectivity index (χ0v) is 15.1. The molecule has 1 aliphatic carbocycles. The average Bonchev–Trinajstić information content (AvgIpc) is 2.67. The number of benzene rings is 1. The Hall–Kier alpha value is -2.37. The summed E-state index contributed by atoms with van der Waals surface area (Å²) in [4.78, 5) is 16.5. The number of phenols is 1. The summed E-state index contributed by atoms with van der Waals surface area (Å²) in [5.74, 6) is -0.0134. The second kappa shape index (κ2) is 7.09. The molecule has 0 atom stereocenters. The molecule has 0 saturated heterocycles. The summed E-state index contributed by atoms with van der Waals surface area (Å²) < 4.78 is 5.62. The van der Waals surface area contributed by atoms with Crippen LogP contribution in [-0.2, 0) is 25.9 Å². The lowest BCUT2D eigenvalue weighted by atomic mass is 9.90. The second-order valence-electron chi connectivity index (χ2n) is 6.67. The van der Waals surface area contributed by atoms with Gasteiger partial charge in [-0.2, -0.15) is 0 Å². The van der Waals surface area contributed by atoms with E-state index >= 15 is 0 Å². The number of hydrogen-bond acceptors (Lipinski definition) is 4. The van der Waals surface area contributed by atoms with E-state index in [1.807, 2.05) is 23.6 Å². The first-order valence-electron chi connectivity index (χ1n) is 8.84. The van der Waals surface area contributed by atoms with Gasteiger partial charge >= 0.3 is 5.63 Å². The molecule has 0 saturated carbocycles. The minimum Gasteiger partial charge on any atom is -0.506 e. The Labute approximate surface area is 155 Å². The number of aryl methyl sites for hydroxylation is 1. The third kappa shape index (κ3) is 3.08. The van der Waals surface area contributed by atoms with Crippen molar-refractivity contribution in [1.82, 2.24) is 4.98 Å². The predicted molar refractivity (Wildman–Crippen MR) is 99.4 cm³/mol. The molecular weight excluding hydrogens is 352 g/mol. The zero-order chi connectivity index (χ0) is 18.1. The predicted octanol–water partition coefficient (Wildman–Crippen LogP) is 2.69. The fourth-order valence-electron chi connectivity index (χ4n) is 3.69. The van der Waals surface area contributed by atoms with Gasteiger partial charge in [0.2, 0.25) is 0 Å². The topological polar surface area (TPSA) is 79.9 Å². The highest BCUT2D eigenvalue weighted by Gasteiger charge is 2.23. The summed E-state index contributed by atoms with van der Waals surface area (Å²) in [6, 6.07) is 5.61. The number of nitrogens with zero attached hydrogens (tertiary/aromatic N) is 1. The second-order valence-corrected chi connectivity index (χ2v) is 7.08. The maximum Gasteiger partial charge on any atom is 0.339 e. The van der Waals surface area contributed by atoms with Gasteiger partial charge < -0.3 is 14.8 Å². The van der Waals surface area contributed by atoms with Crippen molar-refractivity contribution in [3.05, 3.63) is 68.3 Å². The van der Waals surface area contributed by atoms with E-state index in [-0.39, 0.29) is 11.4 Å². The molecule has 3 aromatic rings. The van der Waals surface area contributed by atoms with E-state index in [4.69, 9.17) is 16.0 Å². The summed E-state index contributed by atoms with van der Waals surface area (Å²) >= 11 is 6.28. The van der Waals surface area contributed by atoms with Crippen LogP contribution in [0, 0.1) is 0 Å². The van der Waals surface area contributed by atoms with Gasteiger partial charge in [0.25, 0.3) is 0 Å². The standard InChI is InChI=1S/C20H19ClN2O3/c21-17-8-15-13-5-1-2-6-14(13)20(25)26-19(15)16(18(17)24)11-23-10-12-4-3-7-22-9-12/h3-4,7-9,23-24H,1-2,5-6,10-11H2/p+1. The van der Waals surface area contributed by atoms with Crippen molar-refractivity contribution >= 4 is 22.6 Å². The maximum absolute atomic E-state index is 12.4. The van der Waals surface area contributed by atoms with E-state index in [9.17, 15) is 9.90 Å². The molecule has 6 heteroatoms. The Morgan fingerprint density at radius 1 is 1.23 bits per heavy atom. The molecule has 0 fully saturated rings. The lowest BCUT2D eigenvalue weighted by molar-refractivity contribution is -0.686. The molecule has 3 N–H and O–H groups in total. The highest BCUT2D eigenvalue weighted by atomic mass is 35.5. The van der Waals surface area contributed by atoms with E-state index < -0.39 is 0 Å². The molecule has 0 amide bonds. The molecule has 1 aliphatic rings. The minimum atomic E-state index is -0.289. The van der Waals surface area contributed by atoms with E-state index in [1.165, 1.54) is 0 Å². The van der Waals surface area contributed by atoms with Crippen molar-refractivity contribution in [3.8, 4) is 5.75 Å². The molecule has 5 nitrogen and oxygen atoms in total. The van der Waals surface area contributed by atoms with Gasteiger partial charge in [-0.15, -0.1) is 0 Å². The van der Waals surface area contributed by atoms with E-state index in [0.717, 1.165) is 47.8 Å². The number of hydrogen-bond donors (Lipinski definition) is 2. The average molecular weight is 372 g/mol. The lowest BCUT2D eigenvalue weighted by Gasteiger charge is -2.18. The van der Waals surface area contributed by atoms with Crippen LogP contribution >= 0.6 is 11.6 Å². The van der Waals surface area contributed by atoms with E-state index in [1.54, 1.807) is 12.3 Å². The summed E-state index contributed by atoms with van der Waals surface area (Å²) in [6.45, 7) is 1.16. The monoisotopic (exact) mass is 371 g/mol. The van der Waals surface area contributed by atoms with Crippen molar-refractivity contribution in [2.45, 2.75) is 38.8 Å². The van der Waals surface area contributed by atoms with Gasteiger partial charge in [0.15, 0.2) is 5.58 Å². The molecule has 1 aromatic carbocycles. The van der Waals surface area contributed by atoms with Crippen molar-refractivity contribution in [1.29, 1.82) is 0 Å². The smallest absolute Gasteiger partial charge is 0.339 e. The molecule has 0 unspecified atom stereocenters. The molecule has 4 rings (SSSR count). The normalized spacial score (nSPS) is 13.7. The third-order valence-corrected chi connectivity index (χ3v) is 5.28. The van der Waals surface area contributed by atoms with Crippen LogP contribution in [0.2, 0.25) is 5.02 Å². The van der Waals surface area contributed by atoms with Crippen LogP contribution in [0.25, 0.3) is 11.0 Å². The number of aromatic hydroxyl groups is 1. The molecule has 0 aliphatic heterocycles. The van der Waals surface area contributed by atoms with Crippen LogP contribution in [-0.4, -0.2) is 10.1 Å². The number of halogens is 1. The van der Waals surface area contributed by atoms with Crippen LogP contribution < -0.4 is 10.9 Å². The summed E-state index contributed by atoms with van der Waals surface area (Å²) in [7, 11) is 0. The van der Waals surface area contributed by atoms with Gasteiger partial charge in [-0.1, -0.05) is 17.7 Å². The van der Waals surface area contributed by atoms with E-state index in [0.29, 0.717) is 29.3 Å². The Morgan fingerprint density at radius 2 is 2.04 bits per heavy atom. The molecule has 0 bridgehead atoms. The van der Waals surface area contributed by atoms with E-state index in [2.05, 4.69) is 4.98 Å².